The molecule has 36 heavy (non-hydrogen) atoms. The summed E-state index contributed by atoms with van der Waals surface area (Å²) in [5, 5.41) is 0. The Labute approximate surface area is 217 Å². The monoisotopic (exact) mass is 491 g/mol. The number of hydrogen-bond acceptors (Lipinski definition) is 3. The van der Waals surface area contributed by atoms with Crippen LogP contribution in [-0.2, 0) is 9.59 Å². The minimum Gasteiger partial charge on any atom is -0.494 e. The largest absolute Gasteiger partial charge is 0.494 e. The molecule has 4 aliphatic rings. The lowest BCUT2D eigenvalue weighted by Gasteiger charge is -2.29. The van der Waals surface area contributed by atoms with Gasteiger partial charge in [-0.25, -0.2) is 0 Å². The van der Waals surface area contributed by atoms with Gasteiger partial charge in [0.15, 0.2) is 0 Å². The molecule has 1 heterocycles. The molecule has 4 heteroatoms. The smallest absolute Gasteiger partial charge is 0.233 e. The Balaban J connectivity index is 0.939. The second kappa shape index (κ2) is 12.0. The summed E-state index contributed by atoms with van der Waals surface area (Å²) in [6, 6.07) is 8.84. The molecule has 2 saturated carbocycles. The number of ether oxygens (including phenoxy) is 1. The lowest BCUT2D eigenvalue weighted by molar-refractivity contribution is -0.140. The molecule has 0 N–H and O–H groups in total. The zero-order chi connectivity index (χ0) is 24.9. The number of carbonyl (C=O) groups is 2. The summed E-state index contributed by atoms with van der Waals surface area (Å²) in [5.74, 6) is 3.33. The molecule has 4 nitrogen and oxygen atoms in total. The van der Waals surface area contributed by atoms with Gasteiger partial charge in [0.2, 0.25) is 11.8 Å². The van der Waals surface area contributed by atoms with Crippen LogP contribution in [-0.4, -0.2) is 29.9 Å². The van der Waals surface area contributed by atoms with E-state index in [-0.39, 0.29) is 23.7 Å². The third-order valence-corrected chi connectivity index (χ3v) is 9.52. The van der Waals surface area contributed by atoms with Gasteiger partial charge in [0.05, 0.1) is 18.4 Å². The topological polar surface area (TPSA) is 46.6 Å². The summed E-state index contributed by atoms with van der Waals surface area (Å²) >= 11 is 0. The first-order valence-electron chi connectivity index (χ1n) is 14.9. The molecule has 5 rings (SSSR count). The molecule has 2 unspecified atom stereocenters. The second-order valence-corrected chi connectivity index (χ2v) is 11.9. The molecular formula is C32H45NO3. The Kier molecular flexibility index (Phi) is 8.49. The number of benzene rings is 1. The van der Waals surface area contributed by atoms with Crippen molar-refractivity contribution in [2.75, 3.05) is 13.2 Å². The first kappa shape index (κ1) is 25.5. The first-order chi connectivity index (χ1) is 17.7. The molecule has 196 valence electrons. The predicted octanol–water partition coefficient (Wildman–Crippen LogP) is 7.29. The molecule has 1 saturated heterocycles. The Morgan fingerprint density at radius 2 is 1.47 bits per heavy atom. The zero-order valence-corrected chi connectivity index (χ0v) is 22.2. The number of carbonyl (C=O) groups excluding carboxylic acids is 2. The van der Waals surface area contributed by atoms with Crippen LogP contribution in [0.3, 0.4) is 0 Å². The Morgan fingerprint density at radius 1 is 0.806 bits per heavy atom. The maximum absolute atomic E-state index is 12.7. The van der Waals surface area contributed by atoms with Gasteiger partial charge < -0.3 is 4.74 Å². The minimum absolute atomic E-state index is 0.0575. The predicted molar refractivity (Wildman–Crippen MR) is 144 cm³/mol. The molecule has 1 aromatic carbocycles. The van der Waals surface area contributed by atoms with Gasteiger partial charge in [-0.1, -0.05) is 69.7 Å². The molecule has 1 aromatic rings. The highest BCUT2D eigenvalue weighted by atomic mass is 16.5. The summed E-state index contributed by atoms with van der Waals surface area (Å²) < 4.78 is 5.99. The number of fused-ring (bicyclic) bond motifs is 5. The highest BCUT2D eigenvalue weighted by Crippen LogP contribution is 2.52. The van der Waals surface area contributed by atoms with Gasteiger partial charge in [-0.15, -0.1) is 0 Å². The van der Waals surface area contributed by atoms with E-state index >= 15 is 0 Å². The van der Waals surface area contributed by atoms with E-state index in [0.717, 1.165) is 56.3 Å². The van der Waals surface area contributed by atoms with Crippen LogP contribution in [0.5, 0.6) is 5.75 Å². The maximum atomic E-state index is 12.7. The van der Waals surface area contributed by atoms with Gasteiger partial charge in [-0.2, -0.15) is 0 Å². The van der Waals surface area contributed by atoms with E-state index in [1.807, 2.05) is 0 Å². The summed E-state index contributed by atoms with van der Waals surface area (Å²) in [4.78, 5) is 27.1. The zero-order valence-electron chi connectivity index (χ0n) is 22.2. The van der Waals surface area contributed by atoms with Crippen molar-refractivity contribution in [2.24, 2.45) is 29.6 Å². The number of allylic oxidation sites excluding steroid dienone is 2. The van der Waals surface area contributed by atoms with E-state index < -0.39 is 0 Å². The first-order valence-corrected chi connectivity index (χ1v) is 14.9. The van der Waals surface area contributed by atoms with Crippen LogP contribution >= 0.6 is 0 Å². The minimum atomic E-state index is -0.0575. The highest BCUT2D eigenvalue weighted by Gasteiger charge is 2.58. The van der Waals surface area contributed by atoms with E-state index in [4.69, 9.17) is 4.74 Å². The Hall–Kier alpha value is -2.10. The Morgan fingerprint density at radius 3 is 2.14 bits per heavy atom. The van der Waals surface area contributed by atoms with E-state index in [2.05, 4.69) is 43.3 Å². The number of likely N-dealkylation sites (tertiary alicyclic amines) is 1. The third kappa shape index (κ3) is 5.58. The van der Waals surface area contributed by atoms with Gasteiger partial charge in [-0.3, -0.25) is 14.5 Å². The van der Waals surface area contributed by atoms with E-state index in [1.165, 1.54) is 56.9 Å². The number of imide groups is 1. The van der Waals surface area contributed by atoms with Crippen LogP contribution in [0.25, 0.3) is 0 Å². The van der Waals surface area contributed by atoms with Crippen molar-refractivity contribution in [3.05, 3.63) is 42.0 Å². The molecule has 4 atom stereocenters. The molecule has 3 aliphatic carbocycles. The molecule has 0 radical (unpaired) electrons. The summed E-state index contributed by atoms with van der Waals surface area (Å²) in [5.41, 5.74) is 1.48. The van der Waals surface area contributed by atoms with Gasteiger partial charge in [-0.05, 0) is 86.3 Å². The maximum Gasteiger partial charge on any atom is 0.233 e. The van der Waals surface area contributed by atoms with Crippen molar-refractivity contribution in [3.63, 3.8) is 0 Å². The van der Waals surface area contributed by atoms with Crippen LogP contribution in [0, 0.1) is 29.6 Å². The third-order valence-electron chi connectivity index (χ3n) is 9.52. The molecular weight excluding hydrogens is 446 g/mol. The molecule has 1 aliphatic heterocycles. The van der Waals surface area contributed by atoms with Crippen molar-refractivity contribution >= 4 is 11.8 Å². The molecule has 0 aromatic heterocycles. The molecule has 0 spiro atoms. The number of rotatable bonds is 13. The average Bonchev–Trinajstić information content (AvgIpc) is 3.59. The van der Waals surface area contributed by atoms with Crippen LogP contribution in [0.2, 0.25) is 0 Å². The SMILES string of the molecule is CCCCCC1CCC(c2ccc(OCCCCCCN3C(=O)[C@@H]4C5C=CC(C5)[C@@H]4C3=O)cc2)CC1. The fourth-order valence-corrected chi connectivity index (χ4v) is 7.40. The van der Waals surface area contributed by atoms with Crippen molar-refractivity contribution < 1.29 is 14.3 Å². The van der Waals surface area contributed by atoms with Gasteiger partial charge in [0.25, 0.3) is 0 Å². The second-order valence-electron chi connectivity index (χ2n) is 11.9. The Bertz CT molecular complexity index is 884. The molecule has 2 bridgehead atoms. The number of amides is 2. The van der Waals surface area contributed by atoms with Crippen molar-refractivity contribution in [1.29, 1.82) is 0 Å². The lowest BCUT2D eigenvalue weighted by atomic mass is 9.77. The normalized spacial score (nSPS) is 30.9. The van der Waals surface area contributed by atoms with Crippen molar-refractivity contribution in [3.8, 4) is 5.75 Å². The summed E-state index contributed by atoms with van der Waals surface area (Å²) in [6.07, 6.45) is 20.3. The quantitative estimate of drug-likeness (QED) is 0.165. The van der Waals surface area contributed by atoms with E-state index in [0.29, 0.717) is 18.4 Å². The molecule has 2 amide bonds. The van der Waals surface area contributed by atoms with Crippen molar-refractivity contribution in [2.45, 2.75) is 96.3 Å². The van der Waals surface area contributed by atoms with Gasteiger partial charge in [0, 0.05) is 6.54 Å². The van der Waals surface area contributed by atoms with E-state index in [9.17, 15) is 9.59 Å². The van der Waals surface area contributed by atoms with Crippen LogP contribution < -0.4 is 4.74 Å². The van der Waals surface area contributed by atoms with Gasteiger partial charge >= 0.3 is 0 Å². The van der Waals surface area contributed by atoms with E-state index in [1.54, 1.807) is 4.90 Å². The van der Waals surface area contributed by atoms with Crippen LogP contribution in [0.15, 0.2) is 36.4 Å². The summed E-state index contributed by atoms with van der Waals surface area (Å²) in [6.45, 7) is 3.61. The standard InChI is InChI=1S/C32H45NO3/c1-2-3-6-9-23-10-12-24(13-11-23)25-16-18-28(19-17-25)36-21-8-5-4-7-20-33-31(34)29-26-14-15-27(22-26)30(29)32(33)35/h14-19,23-24,26-27,29-30H,2-13,20-22H2,1H3/t23?,24?,26?,27?,29-,30+. The fourth-order valence-electron chi connectivity index (χ4n) is 7.40. The summed E-state index contributed by atoms with van der Waals surface area (Å²) in [7, 11) is 0. The van der Waals surface area contributed by atoms with Crippen LogP contribution in [0.1, 0.15) is 102 Å². The molecule has 3 fully saturated rings. The average molecular weight is 492 g/mol. The highest BCUT2D eigenvalue weighted by molar-refractivity contribution is 6.06. The lowest BCUT2D eigenvalue weighted by Crippen LogP contribution is -2.33. The fraction of sp³-hybridized carbons (Fsp3) is 0.688. The van der Waals surface area contributed by atoms with Crippen LogP contribution in [0.4, 0.5) is 0 Å². The number of unbranched alkanes of at least 4 members (excludes halogenated alkanes) is 5. The van der Waals surface area contributed by atoms with Crippen molar-refractivity contribution in [1.82, 2.24) is 4.90 Å². The number of hydrogen-bond donors (Lipinski definition) is 0. The number of nitrogens with zero attached hydrogens (tertiary/aromatic N) is 1. The van der Waals surface area contributed by atoms with Gasteiger partial charge in [0.1, 0.15) is 5.75 Å².